The quantitative estimate of drug-likeness (QED) is 0.317. The smallest absolute Gasteiger partial charge is 0.306 e. The van der Waals surface area contributed by atoms with Crippen molar-refractivity contribution in [3.63, 3.8) is 0 Å². The fraction of sp³-hybridized carbons (Fsp3) is 0.500. The Morgan fingerprint density at radius 3 is 2.45 bits per heavy atom. The molecule has 1 fully saturated rings. The van der Waals surface area contributed by atoms with Gasteiger partial charge in [-0.25, -0.2) is 4.99 Å². The van der Waals surface area contributed by atoms with E-state index in [-0.39, 0.29) is 31.3 Å². The molecule has 8 nitrogen and oxygen atoms in total. The topological polar surface area (TPSA) is 106 Å². The largest absolute Gasteiger partial charge is 0.494 e. The van der Waals surface area contributed by atoms with Crippen LogP contribution >= 0.6 is 0 Å². The maximum atomic E-state index is 13.9. The summed E-state index contributed by atoms with van der Waals surface area (Å²) >= 11 is 0. The highest BCUT2D eigenvalue weighted by Gasteiger charge is 2.53. The maximum absolute atomic E-state index is 13.9. The lowest BCUT2D eigenvalue weighted by Gasteiger charge is -2.31. The van der Waals surface area contributed by atoms with E-state index < -0.39 is 17.2 Å². The van der Waals surface area contributed by atoms with Gasteiger partial charge in [-0.1, -0.05) is 30.3 Å². The molecule has 38 heavy (non-hydrogen) atoms. The highest BCUT2D eigenvalue weighted by atomic mass is 16.6. The lowest BCUT2D eigenvalue weighted by Crippen LogP contribution is -2.49. The summed E-state index contributed by atoms with van der Waals surface area (Å²) < 4.78 is 17.6. The molecule has 2 atom stereocenters. The lowest BCUT2D eigenvalue weighted by atomic mass is 9.83. The Bertz CT molecular complexity index is 1120. The monoisotopic (exact) mass is 522 g/mol. The summed E-state index contributed by atoms with van der Waals surface area (Å²) in [5, 5.41) is 12.1. The number of benzene rings is 2. The Hall–Kier alpha value is -3.39. The Morgan fingerprint density at radius 2 is 1.82 bits per heavy atom. The molecular weight excluding hydrogens is 484 g/mol. The number of esters is 1. The van der Waals surface area contributed by atoms with Gasteiger partial charge in [0.1, 0.15) is 11.4 Å². The molecule has 1 saturated carbocycles. The van der Waals surface area contributed by atoms with Gasteiger partial charge in [0.05, 0.1) is 6.61 Å². The fourth-order valence-electron chi connectivity index (χ4n) is 4.40. The van der Waals surface area contributed by atoms with Crippen molar-refractivity contribution < 1.29 is 28.9 Å². The van der Waals surface area contributed by atoms with Crippen LogP contribution in [0.1, 0.15) is 70.1 Å². The number of ether oxygens (including phenoxy) is 3. The molecule has 2 aromatic rings. The van der Waals surface area contributed by atoms with Crippen LogP contribution in [-0.4, -0.2) is 53.8 Å². The zero-order chi connectivity index (χ0) is 27.2. The van der Waals surface area contributed by atoms with E-state index in [9.17, 15) is 9.59 Å². The Balaban J connectivity index is 1.66. The summed E-state index contributed by atoms with van der Waals surface area (Å²) in [5.41, 5.74) is -0.451. The van der Waals surface area contributed by atoms with Gasteiger partial charge < -0.3 is 24.6 Å². The molecule has 0 aromatic heterocycles. The van der Waals surface area contributed by atoms with Crippen LogP contribution in [0.4, 0.5) is 0 Å². The predicted octanol–water partition coefficient (Wildman–Crippen LogP) is 4.35. The number of nitrogens with zero attached hydrogens (tertiary/aromatic N) is 1. The first-order chi connectivity index (χ1) is 18.2. The van der Waals surface area contributed by atoms with E-state index in [1.54, 1.807) is 0 Å². The highest BCUT2D eigenvalue weighted by Crippen LogP contribution is 2.43. The fourth-order valence-corrected chi connectivity index (χ4v) is 4.40. The van der Waals surface area contributed by atoms with E-state index in [1.165, 1.54) is 0 Å². The molecule has 8 heteroatoms. The molecule has 0 spiro atoms. The number of rotatable bonds is 12. The van der Waals surface area contributed by atoms with E-state index in [0.717, 1.165) is 18.4 Å². The average Bonchev–Trinajstić information content (AvgIpc) is 3.64. The molecule has 2 aromatic carbocycles. The van der Waals surface area contributed by atoms with Crippen LogP contribution in [0.25, 0.3) is 0 Å². The van der Waals surface area contributed by atoms with E-state index in [4.69, 9.17) is 24.3 Å². The van der Waals surface area contributed by atoms with Crippen LogP contribution in [0.5, 0.6) is 5.75 Å². The molecule has 204 valence electrons. The summed E-state index contributed by atoms with van der Waals surface area (Å²) in [6.45, 7) is 6.53. The van der Waals surface area contributed by atoms with Crippen LogP contribution in [0.2, 0.25) is 0 Å². The van der Waals surface area contributed by atoms with Gasteiger partial charge in [-0.15, -0.1) is 0 Å². The number of aliphatic hydroxyl groups excluding tert-OH is 1. The lowest BCUT2D eigenvalue weighted by molar-refractivity contribution is -0.155. The molecule has 1 aliphatic carbocycles. The molecule has 0 radical (unpaired) electrons. The van der Waals surface area contributed by atoms with Gasteiger partial charge in [0.2, 0.25) is 5.90 Å². The minimum Gasteiger partial charge on any atom is -0.494 e. The predicted molar refractivity (Wildman–Crippen MR) is 144 cm³/mol. The number of aliphatic imine (C=N–C) groups is 1. The third-order valence-corrected chi connectivity index (χ3v) is 6.51. The second kappa shape index (κ2) is 12.0. The highest BCUT2D eigenvalue weighted by molar-refractivity contribution is 6.01. The number of carbonyl (C=O) groups excluding carboxylic acids is 2. The maximum Gasteiger partial charge on any atom is 0.306 e. The summed E-state index contributed by atoms with van der Waals surface area (Å²) in [7, 11) is 0. The number of amides is 1. The molecule has 2 N–H and O–H groups in total. The number of carbonyl (C=O) groups is 2. The summed E-state index contributed by atoms with van der Waals surface area (Å²) in [4.78, 5) is 31.5. The summed E-state index contributed by atoms with van der Waals surface area (Å²) in [6.07, 6.45) is 2.21. The SMILES string of the molecule is CC(C)(C)OC(=O)CC[C@@]1(C(=O)NCC2CC2)N=C(c2ccc(OCCCO)cc2)O[C@@H]1c1ccccc1. The van der Waals surface area contributed by atoms with Crippen molar-refractivity contribution in [1.82, 2.24) is 5.32 Å². The third kappa shape index (κ3) is 7.13. The summed E-state index contributed by atoms with van der Waals surface area (Å²) in [6, 6.07) is 16.8. The van der Waals surface area contributed by atoms with Crippen LogP contribution in [-0.2, 0) is 19.1 Å². The first-order valence-electron chi connectivity index (χ1n) is 13.4. The molecule has 4 rings (SSSR count). The minimum absolute atomic E-state index is 0.0230. The van der Waals surface area contributed by atoms with Crippen molar-refractivity contribution in [2.75, 3.05) is 19.8 Å². The first-order valence-corrected chi connectivity index (χ1v) is 13.4. The standard InChI is InChI=1S/C30H38N2O6/c1-29(2,3)38-25(34)16-17-30(28(35)31-20-21-10-11-21)26(22-8-5-4-6-9-22)37-27(32-30)23-12-14-24(15-13-23)36-19-7-18-33/h4-6,8-9,12-15,21,26,33H,7,10-11,16-20H2,1-3H3,(H,31,35)/t26-,30-/m1/s1. The Labute approximate surface area is 224 Å². The number of hydrogen-bond acceptors (Lipinski definition) is 7. The van der Waals surface area contributed by atoms with Crippen molar-refractivity contribution in [1.29, 1.82) is 0 Å². The van der Waals surface area contributed by atoms with Gasteiger partial charge in [-0.3, -0.25) is 9.59 Å². The molecular formula is C30H38N2O6. The van der Waals surface area contributed by atoms with Crippen LogP contribution in [0.3, 0.4) is 0 Å². The number of nitrogens with one attached hydrogen (secondary N) is 1. The van der Waals surface area contributed by atoms with Crippen molar-refractivity contribution in [3.05, 3.63) is 65.7 Å². The van der Waals surface area contributed by atoms with Crippen molar-refractivity contribution in [2.24, 2.45) is 10.9 Å². The van der Waals surface area contributed by atoms with Crippen LogP contribution < -0.4 is 10.1 Å². The first kappa shape index (κ1) is 27.6. The number of hydrogen-bond donors (Lipinski definition) is 2. The van der Waals surface area contributed by atoms with Crippen LogP contribution in [0, 0.1) is 5.92 Å². The van der Waals surface area contributed by atoms with Gasteiger partial charge in [0, 0.05) is 31.6 Å². The molecule has 1 heterocycles. The van der Waals surface area contributed by atoms with Crippen molar-refractivity contribution in [3.8, 4) is 5.75 Å². The average molecular weight is 523 g/mol. The number of aliphatic hydroxyl groups is 1. The third-order valence-electron chi connectivity index (χ3n) is 6.51. The van der Waals surface area contributed by atoms with Crippen LogP contribution in [0.15, 0.2) is 59.6 Å². The minimum atomic E-state index is -1.33. The zero-order valence-electron chi connectivity index (χ0n) is 22.4. The molecule has 1 aliphatic heterocycles. The van der Waals surface area contributed by atoms with Gasteiger partial charge in [-0.05, 0) is 75.8 Å². The Kier molecular flexibility index (Phi) is 8.72. The second-order valence-corrected chi connectivity index (χ2v) is 10.9. The van der Waals surface area contributed by atoms with E-state index in [1.807, 2.05) is 75.4 Å². The van der Waals surface area contributed by atoms with Gasteiger partial charge in [-0.2, -0.15) is 0 Å². The normalized spacial score (nSPS) is 20.8. The van der Waals surface area contributed by atoms with Gasteiger partial charge in [0.15, 0.2) is 11.6 Å². The van der Waals surface area contributed by atoms with Gasteiger partial charge >= 0.3 is 5.97 Å². The van der Waals surface area contributed by atoms with E-state index in [0.29, 0.717) is 42.7 Å². The van der Waals surface area contributed by atoms with E-state index in [2.05, 4.69) is 5.32 Å². The summed E-state index contributed by atoms with van der Waals surface area (Å²) in [5.74, 6) is 0.860. The molecule has 0 bridgehead atoms. The molecule has 0 saturated heterocycles. The van der Waals surface area contributed by atoms with Gasteiger partial charge in [0.25, 0.3) is 5.91 Å². The van der Waals surface area contributed by atoms with Crippen molar-refractivity contribution in [2.45, 2.75) is 70.1 Å². The van der Waals surface area contributed by atoms with Crippen molar-refractivity contribution >= 4 is 17.8 Å². The van der Waals surface area contributed by atoms with E-state index >= 15 is 0 Å². The molecule has 1 amide bonds. The molecule has 2 aliphatic rings. The second-order valence-electron chi connectivity index (χ2n) is 10.9. The Morgan fingerprint density at radius 1 is 1.11 bits per heavy atom. The molecule has 0 unspecified atom stereocenters. The zero-order valence-corrected chi connectivity index (χ0v) is 22.4.